The topological polar surface area (TPSA) is 56.5 Å². The molecule has 3 aromatic heterocycles. The molecule has 3 heterocycles. The third kappa shape index (κ3) is 3.26. The van der Waals surface area contributed by atoms with Crippen molar-refractivity contribution in [2.45, 2.75) is 33.2 Å². The van der Waals surface area contributed by atoms with Crippen LogP contribution >= 0.6 is 0 Å². The third-order valence-corrected chi connectivity index (χ3v) is 3.73. The van der Waals surface area contributed by atoms with Crippen LogP contribution in [0, 0.1) is 12.9 Å². The van der Waals surface area contributed by atoms with Gasteiger partial charge in [-0.05, 0) is 31.0 Å². The van der Waals surface area contributed by atoms with E-state index in [1.54, 1.807) is 24.7 Å². The average Bonchev–Trinajstić information content (AvgIpc) is 2.99. The van der Waals surface area contributed by atoms with Gasteiger partial charge in [-0.15, -0.1) is 0 Å². The highest BCUT2D eigenvalue weighted by Crippen LogP contribution is 2.19. The Hall–Kier alpha value is -2.63. The van der Waals surface area contributed by atoms with E-state index >= 15 is 0 Å². The van der Waals surface area contributed by atoms with Crippen molar-refractivity contribution in [3.63, 3.8) is 0 Å². The minimum atomic E-state index is -0.512. The van der Waals surface area contributed by atoms with E-state index in [-0.39, 0.29) is 0 Å². The van der Waals surface area contributed by atoms with Gasteiger partial charge in [-0.3, -0.25) is 0 Å². The van der Waals surface area contributed by atoms with Crippen molar-refractivity contribution in [2.24, 2.45) is 0 Å². The van der Waals surface area contributed by atoms with Crippen LogP contribution in [0.3, 0.4) is 0 Å². The fourth-order valence-corrected chi connectivity index (χ4v) is 2.63. The summed E-state index contributed by atoms with van der Waals surface area (Å²) in [6.07, 6.45) is 7.10. The minimum Gasteiger partial charge on any atom is -0.324 e. The normalized spacial score (nSPS) is 10.9. The van der Waals surface area contributed by atoms with Gasteiger partial charge in [-0.2, -0.15) is 4.39 Å². The van der Waals surface area contributed by atoms with E-state index in [1.807, 2.05) is 17.7 Å². The molecule has 0 spiro atoms. The number of pyridine rings is 1. The summed E-state index contributed by atoms with van der Waals surface area (Å²) in [5, 5.41) is 0. The maximum Gasteiger partial charge on any atom is 0.213 e. The van der Waals surface area contributed by atoms with Crippen molar-refractivity contribution in [3.8, 4) is 11.5 Å². The molecule has 0 saturated carbocycles. The smallest absolute Gasteiger partial charge is 0.213 e. The van der Waals surface area contributed by atoms with E-state index in [9.17, 15) is 4.39 Å². The van der Waals surface area contributed by atoms with Gasteiger partial charge in [0.25, 0.3) is 0 Å². The highest BCUT2D eigenvalue weighted by atomic mass is 19.1. The minimum absolute atomic E-state index is 0.512. The first-order valence-corrected chi connectivity index (χ1v) is 7.62. The molecule has 23 heavy (non-hydrogen) atoms. The van der Waals surface area contributed by atoms with Gasteiger partial charge in [-0.25, -0.2) is 19.9 Å². The van der Waals surface area contributed by atoms with Crippen LogP contribution in [-0.4, -0.2) is 24.5 Å². The van der Waals surface area contributed by atoms with E-state index in [2.05, 4.69) is 26.9 Å². The lowest BCUT2D eigenvalue weighted by molar-refractivity contribution is 0.584. The molecule has 3 aromatic rings. The zero-order chi connectivity index (χ0) is 16.2. The van der Waals surface area contributed by atoms with Crippen LogP contribution in [0.5, 0.6) is 0 Å². The Labute approximate surface area is 134 Å². The van der Waals surface area contributed by atoms with E-state index in [4.69, 9.17) is 0 Å². The molecule has 0 aromatic carbocycles. The van der Waals surface area contributed by atoms with Crippen molar-refractivity contribution in [3.05, 3.63) is 59.8 Å². The summed E-state index contributed by atoms with van der Waals surface area (Å²) in [7, 11) is 0. The first-order valence-electron chi connectivity index (χ1n) is 7.62. The van der Waals surface area contributed by atoms with Gasteiger partial charge in [0.15, 0.2) is 5.82 Å². The van der Waals surface area contributed by atoms with Gasteiger partial charge in [0, 0.05) is 18.1 Å². The number of rotatable bonds is 5. The van der Waals surface area contributed by atoms with Crippen LogP contribution in [0.4, 0.5) is 4.39 Å². The fraction of sp³-hybridized carbons (Fsp3) is 0.294. The number of aromatic nitrogens is 5. The Morgan fingerprint density at radius 3 is 2.83 bits per heavy atom. The first-order chi connectivity index (χ1) is 11.2. The second-order valence-electron chi connectivity index (χ2n) is 5.36. The molecule has 118 valence electrons. The van der Waals surface area contributed by atoms with E-state index in [0.29, 0.717) is 18.1 Å². The van der Waals surface area contributed by atoms with Crippen LogP contribution in [0.25, 0.3) is 11.5 Å². The van der Waals surface area contributed by atoms with Gasteiger partial charge in [0.1, 0.15) is 12.0 Å². The quantitative estimate of drug-likeness (QED) is 0.679. The van der Waals surface area contributed by atoms with Crippen LogP contribution in [-0.2, 0) is 13.0 Å². The number of nitrogens with zero attached hydrogens (tertiary/aromatic N) is 5. The fourth-order valence-electron chi connectivity index (χ4n) is 2.63. The monoisotopic (exact) mass is 311 g/mol. The Morgan fingerprint density at radius 1 is 1.17 bits per heavy atom. The van der Waals surface area contributed by atoms with Gasteiger partial charge in [0.2, 0.25) is 5.95 Å². The molecule has 0 atom stereocenters. The van der Waals surface area contributed by atoms with Gasteiger partial charge < -0.3 is 4.57 Å². The molecule has 0 saturated heterocycles. The lowest BCUT2D eigenvalue weighted by Gasteiger charge is -2.12. The Bertz CT molecular complexity index is 812. The summed E-state index contributed by atoms with van der Waals surface area (Å²) in [6.45, 7) is 4.70. The van der Waals surface area contributed by atoms with Crippen LogP contribution < -0.4 is 0 Å². The number of hydrogen-bond acceptors (Lipinski definition) is 4. The molecule has 0 bridgehead atoms. The second kappa shape index (κ2) is 6.64. The number of halogens is 1. The molecular weight excluding hydrogens is 293 g/mol. The maximum absolute atomic E-state index is 13.4. The van der Waals surface area contributed by atoms with E-state index in [0.717, 1.165) is 24.2 Å². The average molecular weight is 311 g/mol. The van der Waals surface area contributed by atoms with Crippen molar-refractivity contribution in [2.75, 3.05) is 0 Å². The zero-order valence-electron chi connectivity index (χ0n) is 13.2. The lowest BCUT2D eigenvalue weighted by Crippen LogP contribution is -2.09. The van der Waals surface area contributed by atoms with Crippen LogP contribution in [0.1, 0.15) is 30.3 Å². The van der Waals surface area contributed by atoms with Gasteiger partial charge in [-0.1, -0.05) is 19.4 Å². The largest absolute Gasteiger partial charge is 0.324 e. The molecule has 0 aliphatic heterocycles. The van der Waals surface area contributed by atoms with Gasteiger partial charge in [0.05, 0.1) is 12.2 Å². The predicted molar refractivity (Wildman–Crippen MR) is 85.3 cm³/mol. The van der Waals surface area contributed by atoms with E-state index < -0.39 is 5.95 Å². The Balaban J connectivity index is 1.97. The molecule has 6 heteroatoms. The Kier molecular flexibility index (Phi) is 4.41. The zero-order valence-corrected chi connectivity index (χ0v) is 13.2. The van der Waals surface area contributed by atoms with E-state index in [1.165, 1.54) is 11.6 Å². The summed E-state index contributed by atoms with van der Waals surface area (Å²) in [5.74, 6) is 0.116. The number of aryl methyl sites for hydroxylation is 1. The summed E-state index contributed by atoms with van der Waals surface area (Å²) >= 11 is 0. The second-order valence-corrected chi connectivity index (χ2v) is 5.36. The Morgan fingerprint density at radius 2 is 2.04 bits per heavy atom. The highest BCUT2D eigenvalue weighted by Gasteiger charge is 2.13. The first kappa shape index (κ1) is 15.3. The lowest BCUT2D eigenvalue weighted by atomic mass is 10.1. The SMILES string of the molecule is CCCc1c(C)ncnc1Cn1ccnc1-c1cccc(F)n1. The molecule has 3 rings (SSSR count). The van der Waals surface area contributed by atoms with Crippen molar-refractivity contribution in [1.29, 1.82) is 0 Å². The summed E-state index contributed by atoms with van der Waals surface area (Å²) in [5.41, 5.74) is 3.65. The van der Waals surface area contributed by atoms with Crippen molar-refractivity contribution in [1.82, 2.24) is 24.5 Å². The van der Waals surface area contributed by atoms with Crippen LogP contribution in [0.2, 0.25) is 0 Å². The molecule has 5 nitrogen and oxygen atoms in total. The van der Waals surface area contributed by atoms with Gasteiger partial charge >= 0.3 is 0 Å². The van der Waals surface area contributed by atoms with Crippen LogP contribution in [0.15, 0.2) is 36.9 Å². The number of imidazole rings is 1. The molecule has 0 unspecified atom stereocenters. The molecule has 0 aliphatic carbocycles. The predicted octanol–water partition coefficient (Wildman–Crippen LogP) is 3.18. The summed E-state index contributed by atoms with van der Waals surface area (Å²) in [4.78, 5) is 16.9. The molecule has 0 N–H and O–H groups in total. The number of hydrogen-bond donors (Lipinski definition) is 0. The molecule has 0 aliphatic rings. The molecular formula is C17H18FN5. The van der Waals surface area contributed by atoms with Crippen molar-refractivity contribution < 1.29 is 4.39 Å². The molecule has 0 radical (unpaired) electrons. The third-order valence-electron chi connectivity index (χ3n) is 3.73. The molecule has 0 amide bonds. The van der Waals surface area contributed by atoms with Crippen molar-refractivity contribution >= 4 is 0 Å². The standard InChI is InChI=1S/C17H18FN5/c1-3-5-13-12(2)20-11-21-15(13)10-23-9-8-19-17(23)14-6-4-7-16(18)22-14/h4,6-9,11H,3,5,10H2,1-2H3. The summed E-state index contributed by atoms with van der Waals surface area (Å²) < 4.78 is 15.3. The molecule has 0 fully saturated rings. The highest BCUT2D eigenvalue weighted by molar-refractivity contribution is 5.49. The summed E-state index contributed by atoms with van der Waals surface area (Å²) in [6, 6.07) is 4.71. The maximum atomic E-state index is 13.4.